The highest BCUT2D eigenvalue weighted by Crippen LogP contribution is 2.34. The Morgan fingerprint density at radius 3 is 2.79 bits per heavy atom. The molecule has 0 spiro atoms. The van der Waals surface area contributed by atoms with E-state index in [0.717, 1.165) is 6.42 Å². The van der Waals surface area contributed by atoms with Crippen molar-refractivity contribution in [1.29, 1.82) is 0 Å². The molecule has 1 aromatic carbocycles. The molecule has 1 saturated heterocycles. The van der Waals surface area contributed by atoms with Crippen LogP contribution in [0.25, 0.3) is 0 Å². The Kier molecular flexibility index (Phi) is 6.07. The number of aliphatic hydroxyl groups is 1. The molecule has 0 saturated carbocycles. The Labute approximate surface area is 143 Å². The number of para-hydroxylation sites is 1. The van der Waals surface area contributed by atoms with Crippen LogP contribution in [-0.2, 0) is 0 Å². The van der Waals surface area contributed by atoms with Crippen molar-refractivity contribution in [2.45, 2.75) is 32.3 Å². The van der Waals surface area contributed by atoms with Gasteiger partial charge in [0.2, 0.25) is 0 Å². The number of nitrogens with zero attached hydrogens (tertiary/aromatic N) is 1. The number of carbonyl (C=O) groups is 1. The van der Waals surface area contributed by atoms with Crippen LogP contribution in [0.5, 0.6) is 11.5 Å². The lowest BCUT2D eigenvalue weighted by Gasteiger charge is -2.26. The van der Waals surface area contributed by atoms with Crippen LogP contribution in [0, 0.1) is 5.92 Å². The molecule has 0 aliphatic carbocycles. The zero-order chi connectivity index (χ0) is 17.7. The number of amides is 1. The van der Waals surface area contributed by atoms with Crippen LogP contribution in [0.2, 0.25) is 0 Å². The van der Waals surface area contributed by atoms with Gasteiger partial charge in [0.25, 0.3) is 5.91 Å². The van der Waals surface area contributed by atoms with Gasteiger partial charge in [-0.2, -0.15) is 0 Å². The average Bonchev–Trinajstić information content (AvgIpc) is 3.04. The molecule has 1 fully saturated rings. The number of hydrogen-bond acceptors (Lipinski definition) is 5. The molecule has 1 aromatic rings. The molecular formula is C18H28N2O4. The van der Waals surface area contributed by atoms with E-state index in [9.17, 15) is 9.90 Å². The maximum Gasteiger partial charge on any atom is 0.257 e. The zero-order valence-electron chi connectivity index (χ0n) is 14.7. The van der Waals surface area contributed by atoms with Gasteiger partial charge in [-0.15, -0.1) is 0 Å². The second-order valence-electron chi connectivity index (χ2n) is 6.72. The summed E-state index contributed by atoms with van der Waals surface area (Å²) in [4.78, 5) is 14.7. The van der Waals surface area contributed by atoms with E-state index in [1.807, 2.05) is 0 Å². The average molecular weight is 336 g/mol. The molecule has 0 bridgehead atoms. The van der Waals surface area contributed by atoms with Crippen LogP contribution in [0.4, 0.5) is 0 Å². The molecule has 1 aliphatic heterocycles. The van der Waals surface area contributed by atoms with Gasteiger partial charge < -0.3 is 25.2 Å². The molecule has 1 heterocycles. The van der Waals surface area contributed by atoms with E-state index >= 15 is 0 Å². The van der Waals surface area contributed by atoms with Crippen LogP contribution < -0.4 is 15.2 Å². The molecule has 6 nitrogen and oxygen atoms in total. The second kappa shape index (κ2) is 7.85. The summed E-state index contributed by atoms with van der Waals surface area (Å²) in [6, 6.07) is 5.31. The maximum atomic E-state index is 12.9. The van der Waals surface area contributed by atoms with Crippen molar-refractivity contribution in [2.24, 2.45) is 11.7 Å². The van der Waals surface area contributed by atoms with Crippen molar-refractivity contribution >= 4 is 5.91 Å². The summed E-state index contributed by atoms with van der Waals surface area (Å²) < 4.78 is 11.1. The quantitative estimate of drug-likeness (QED) is 0.740. The molecule has 3 N–H and O–H groups in total. The molecule has 1 atom stereocenters. The molecule has 6 heteroatoms. The van der Waals surface area contributed by atoms with Gasteiger partial charge in [-0.3, -0.25) is 4.79 Å². The predicted octanol–water partition coefficient (Wildman–Crippen LogP) is 1.66. The Bertz CT molecular complexity index is 569. The van der Waals surface area contributed by atoms with Gasteiger partial charge in [0, 0.05) is 19.0 Å². The Morgan fingerprint density at radius 2 is 2.21 bits per heavy atom. The van der Waals surface area contributed by atoms with Crippen molar-refractivity contribution in [2.75, 3.05) is 33.4 Å². The first-order chi connectivity index (χ1) is 11.4. The van der Waals surface area contributed by atoms with Crippen molar-refractivity contribution in [3.63, 3.8) is 0 Å². The number of likely N-dealkylation sites (tertiary alicyclic amines) is 1. The first kappa shape index (κ1) is 18.5. The van der Waals surface area contributed by atoms with E-state index in [2.05, 4.69) is 0 Å². The van der Waals surface area contributed by atoms with Gasteiger partial charge in [0.1, 0.15) is 0 Å². The Hall–Kier alpha value is -1.79. The van der Waals surface area contributed by atoms with Gasteiger partial charge in [-0.05, 0) is 45.4 Å². The maximum absolute atomic E-state index is 12.9. The SMILES string of the molecule is COc1cccc(C(=O)N2CCC(C(C)(C)O)C2)c1OCCCN. The van der Waals surface area contributed by atoms with Crippen LogP contribution in [0.1, 0.15) is 37.0 Å². The molecule has 1 unspecified atom stereocenters. The van der Waals surface area contributed by atoms with E-state index in [4.69, 9.17) is 15.2 Å². The first-order valence-corrected chi connectivity index (χ1v) is 8.40. The topological polar surface area (TPSA) is 85.0 Å². The Balaban J connectivity index is 2.20. The summed E-state index contributed by atoms with van der Waals surface area (Å²) >= 11 is 0. The van der Waals surface area contributed by atoms with Gasteiger partial charge in [0.05, 0.1) is 24.9 Å². The van der Waals surface area contributed by atoms with Gasteiger partial charge in [-0.25, -0.2) is 0 Å². The van der Waals surface area contributed by atoms with Crippen LogP contribution in [0.3, 0.4) is 0 Å². The molecule has 0 aromatic heterocycles. The first-order valence-electron chi connectivity index (χ1n) is 8.40. The number of benzene rings is 1. The van der Waals surface area contributed by atoms with Gasteiger partial charge >= 0.3 is 0 Å². The Morgan fingerprint density at radius 1 is 1.46 bits per heavy atom. The summed E-state index contributed by atoms with van der Waals surface area (Å²) in [5, 5.41) is 10.2. The molecule has 2 rings (SSSR count). The third-order valence-corrected chi connectivity index (χ3v) is 4.50. The predicted molar refractivity (Wildman–Crippen MR) is 92.5 cm³/mol. The number of carbonyl (C=O) groups excluding carboxylic acids is 1. The highest BCUT2D eigenvalue weighted by molar-refractivity contribution is 5.98. The third kappa shape index (κ3) is 4.19. The normalized spacial score (nSPS) is 17.9. The molecule has 0 radical (unpaired) electrons. The van der Waals surface area contributed by atoms with Crippen molar-refractivity contribution in [3.05, 3.63) is 23.8 Å². The molecule has 24 heavy (non-hydrogen) atoms. The van der Waals surface area contributed by atoms with Gasteiger partial charge in [0.15, 0.2) is 11.5 Å². The minimum absolute atomic E-state index is 0.0775. The monoisotopic (exact) mass is 336 g/mol. The van der Waals surface area contributed by atoms with E-state index in [-0.39, 0.29) is 11.8 Å². The largest absolute Gasteiger partial charge is 0.493 e. The fourth-order valence-electron chi connectivity index (χ4n) is 2.94. The van der Waals surface area contributed by atoms with Crippen molar-refractivity contribution in [1.82, 2.24) is 4.90 Å². The lowest BCUT2D eigenvalue weighted by molar-refractivity contribution is 0.0211. The molecule has 1 aliphatic rings. The second-order valence-corrected chi connectivity index (χ2v) is 6.72. The summed E-state index contributed by atoms with van der Waals surface area (Å²) in [5.41, 5.74) is 5.21. The highest BCUT2D eigenvalue weighted by atomic mass is 16.5. The van der Waals surface area contributed by atoms with E-state index in [1.54, 1.807) is 44.1 Å². The summed E-state index contributed by atoms with van der Waals surface area (Å²) in [6.45, 7) is 5.72. The van der Waals surface area contributed by atoms with Crippen molar-refractivity contribution < 1.29 is 19.4 Å². The smallest absolute Gasteiger partial charge is 0.257 e. The number of ether oxygens (including phenoxy) is 2. The third-order valence-electron chi connectivity index (χ3n) is 4.50. The lowest BCUT2D eigenvalue weighted by atomic mass is 9.90. The zero-order valence-corrected chi connectivity index (χ0v) is 14.7. The highest BCUT2D eigenvalue weighted by Gasteiger charge is 2.36. The molecule has 1 amide bonds. The number of hydrogen-bond donors (Lipinski definition) is 2. The number of nitrogens with two attached hydrogens (primary N) is 1. The summed E-state index contributed by atoms with van der Waals surface area (Å²) in [7, 11) is 1.56. The summed E-state index contributed by atoms with van der Waals surface area (Å²) in [6.07, 6.45) is 1.50. The lowest BCUT2D eigenvalue weighted by Crippen LogP contribution is -2.35. The minimum atomic E-state index is -0.788. The van der Waals surface area contributed by atoms with E-state index < -0.39 is 5.60 Å². The standard InChI is InChI=1S/C18H28N2O4/c1-18(2,22)13-8-10-20(12-13)17(21)14-6-4-7-15(23-3)16(14)24-11-5-9-19/h4,6-7,13,22H,5,8-12,19H2,1-3H3. The fourth-order valence-corrected chi connectivity index (χ4v) is 2.94. The van der Waals surface area contributed by atoms with E-state index in [1.165, 1.54) is 0 Å². The van der Waals surface area contributed by atoms with Crippen LogP contribution in [-0.4, -0.2) is 54.9 Å². The number of methoxy groups -OCH3 is 1. The minimum Gasteiger partial charge on any atom is -0.493 e. The molecule has 134 valence electrons. The fraction of sp³-hybridized carbons (Fsp3) is 0.611. The van der Waals surface area contributed by atoms with Crippen LogP contribution in [0.15, 0.2) is 18.2 Å². The summed E-state index contributed by atoms with van der Waals surface area (Å²) in [5.74, 6) is 0.985. The van der Waals surface area contributed by atoms with E-state index in [0.29, 0.717) is 49.7 Å². The van der Waals surface area contributed by atoms with Gasteiger partial charge in [-0.1, -0.05) is 6.07 Å². The van der Waals surface area contributed by atoms with Crippen LogP contribution >= 0.6 is 0 Å². The molecular weight excluding hydrogens is 308 g/mol. The van der Waals surface area contributed by atoms with Crippen molar-refractivity contribution in [3.8, 4) is 11.5 Å². The number of rotatable bonds is 7.